The molecular formula is C32H38ClN3O. The summed E-state index contributed by atoms with van der Waals surface area (Å²) in [4.78, 5) is 7.78. The van der Waals surface area contributed by atoms with Gasteiger partial charge in [0.25, 0.3) is 0 Å². The van der Waals surface area contributed by atoms with Crippen LogP contribution in [0.5, 0.6) is 5.75 Å². The molecule has 0 fully saturated rings. The van der Waals surface area contributed by atoms with E-state index >= 15 is 0 Å². The van der Waals surface area contributed by atoms with E-state index in [2.05, 4.69) is 71.8 Å². The van der Waals surface area contributed by atoms with Crippen LogP contribution in [0.15, 0.2) is 72.8 Å². The number of phenols is 1. The number of halogens is 1. The molecule has 4 nitrogen and oxygen atoms in total. The standard InChI is InChI=1S/C32H38ClN3O/c1-4-6-19-35(22-25-13-18-30(37)24(3)21-25)23-29-31(26-14-16-28(33)17-15-26)34-32(36(29)20-7-5-2)27-11-9-8-10-12-27/h8-18,21,37H,4-7,19-20,22-23H2,1-3H3. The molecule has 0 aliphatic heterocycles. The molecule has 37 heavy (non-hydrogen) atoms. The van der Waals surface area contributed by atoms with Crippen molar-refractivity contribution in [2.24, 2.45) is 0 Å². The lowest BCUT2D eigenvalue weighted by Gasteiger charge is -2.24. The number of hydrogen-bond acceptors (Lipinski definition) is 3. The van der Waals surface area contributed by atoms with Gasteiger partial charge >= 0.3 is 0 Å². The number of aromatic hydroxyl groups is 1. The molecule has 1 heterocycles. The molecule has 0 spiro atoms. The Hall–Kier alpha value is -3.08. The number of aryl methyl sites for hydroxylation is 1. The molecule has 4 rings (SSSR count). The van der Waals surface area contributed by atoms with Crippen molar-refractivity contribution < 1.29 is 5.11 Å². The number of phenolic OH excluding ortho intramolecular Hbond substituents is 1. The average Bonchev–Trinajstić information content (AvgIpc) is 3.26. The first-order chi connectivity index (χ1) is 18.0. The monoisotopic (exact) mass is 515 g/mol. The van der Waals surface area contributed by atoms with Gasteiger partial charge in [0.1, 0.15) is 11.6 Å². The molecule has 1 aromatic heterocycles. The Kier molecular flexibility index (Phi) is 9.43. The van der Waals surface area contributed by atoms with Crippen LogP contribution in [0.3, 0.4) is 0 Å². The highest BCUT2D eigenvalue weighted by Crippen LogP contribution is 2.32. The zero-order chi connectivity index (χ0) is 26.2. The van der Waals surface area contributed by atoms with Crippen LogP contribution < -0.4 is 0 Å². The Morgan fingerprint density at radius 3 is 2.27 bits per heavy atom. The van der Waals surface area contributed by atoms with Gasteiger partial charge in [-0.1, -0.05) is 92.9 Å². The van der Waals surface area contributed by atoms with Crippen molar-refractivity contribution in [2.45, 2.75) is 66.1 Å². The Labute approximate surface area is 226 Å². The molecule has 194 valence electrons. The van der Waals surface area contributed by atoms with E-state index in [0.29, 0.717) is 5.75 Å². The first kappa shape index (κ1) is 27.0. The van der Waals surface area contributed by atoms with Gasteiger partial charge in [0.2, 0.25) is 0 Å². The average molecular weight is 516 g/mol. The Morgan fingerprint density at radius 2 is 1.59 bits per heavy atom. The number of aromatic nitrogens is 2. The number of rotatable bonds is 12. The van der Waals surface area contributed by atoms with Crippen molar-refractivity contribution in [3.63, 3.8) is 0 Å². The fourth-order valence-corrected chi connectivity index (χ4v) is 4.86. The van der Waals surface area contributed by atoms with Gasteiger partial charge in [-0.15, -0.1) is 0 Å². The lowest BCUT2D eigenvalue weighted by molar-refractivity contribution is 0.246. The number of imidazole rings is 1. The van der Waals surface area contributed by atoms with Gasteiger partial charge in [-0.2, -0.15) is 0 Å². The van der Waals surface area contributed by atoms with Gasteiger partial charge in [-0.3, -0.25) is 4.90 Å². The minimum absolute atomic E-state index is 0.346. The maximum Gasteiger partial charge on any atom is 0.140 e. The molecule has 0 atom stereocenters. The normalized spacial score (nSPS) is 11.4. The molecule has 0 aliphatic rings. The predicted molar refractivity (Wildman–Crippen MR) is 155 cm³/mol. The molecule has 0 amide bonds. The maximum atomic E-state index is 10.0. The van der Waals surface area contributed by atoms with Crippen molar-refractivity contribution in [2.75, 3.05) is 6.54 Å². The highest BCUT2D eigenvalue weighted by Gasteiger charge is 2.22. The first-order valence-electron chi connectivity index (χ1n) is 13.4. The quantitative estimate of drug-likeness (QED) is 0.205. The highest BCUT2D eigenvalue weighted by molar-refractivity contribution is 6.30. The summed E-state index contributed by atoms with van der Waals surface area (Å²) in [5.74, 6) is 1.36. The van der Waals surface area contributed by atoms with Gasteiger partial charge in [0.15, 0.2) is 0 Å². The van der Waals surface area contributed by atoms with E-state index in [0.717, 1.165) is 85.1 Å². The van der Waals surface area contributed by atoms with E-state index in [1.165, 1.54) is 11.3 Å². The van der Waals surface area contributed by atoms with Gasteiger partial charge < -0.3 is 9.67 Å². The van der Waals surface area contributed by atoms with Gasteiger partial charge in [0.05, 0.1) is 11.4 Å². The smallest absolute Gasteiger partial charge is 0.140 e. The summed E-state index contributed by atoms with van der Waals surface area (Å²) in [7, 11) is 0. The van der Waals surface area contributed by atoms with Gasteiger partial charge in [-0.25, -0.2) is 4.98 Å². The summed E-state index contributed by atoms with van der Waals surface area (Å²) in [6.45, 7) is 9.97. The van der Waals surface area contributed by atoms with Crippen LogP contribution >= 0.6 is 11.6 Å². The molecule has 0 saturated heterocycles. The van der Waals surface area contributed by atoms with Crippen LogP contribution in [-0.2, 0) is 19.6 Å². The van der Waals surface area contributed by atoms with E-state index in [4.69, 9.17) is 16.6 Å². The zero-order valence-electron chi connectivity index (χ0n) is 22.3. The molecule has 5 heteroatoms. The van der Waals surface area contributed by atoms with Crippen molar-refractivity contribution in [1.82, 2.24) is 14.5 Å². The minimum atomic E-state index is 0.346. The second-order valence-electron chi connectivity index (χ2n) is 9.79. The van der Waals surface area contributed by atoms with E-state index in [9.17, 15) is 5.11 Å². The van der Waals surface area contributed by atoms with Gasteiger partial charge in [0, 0.05) is 35.8 Å². The molecule has 0 bridgehead atoms. The molecule has 0 aliphatic carbocycles. The topological polar surface area (TPSA) is 41.3 Å². The maximum absolute atomic E-state index is 10.0. The van der Waals surface area contributed by atoms with Gasteiger partial charge in [-0.05, 0) is 55.6 Å². The third-order valence-corrected chi connectivity index (χ3v) is 7.08. The summed E-state index contributed by atoms with van der Waals surface area (Å²) in [6, 6.07) is 24.5. The Morgan fingerprint density at radius 1 is 0.865 bits per heavy atom. The second kappa shape index (κ2) is 12.9. The molecule has 4 aromatic rings. The Bertz CT molecular complexity index is 1280. The number of hydrogen-bond donors (Lipinski definition) is 1. The molecule has 0 radical (unpaired) electrons. The third kappa shape index (κ3) is 6.82. The van der Waals surface area contributed by atoms with Crippen molar-refractivity contribution in [3.8, 4) is 28.4 Å². The van der Waals surface area contributed by atoms with Crippen LogP contribution in [0.4, 0.5) is 0 Å². The summed E-state index contributed by atoms with van der Waals surface area (Å²) in [5.41, 5.74) is 6.60. The van der Waals surface area contributed by atoms with Crippen LogP contribution in [0.2, 0.25) is 5.02 Å². The molecule has 0 saturated carbocycles. The lowest BCUT2D eigenvalue weighted by Crippen LogP contribution is -2.26. The summed E-state index contributed by atoms with van der Waals surface area (Å²) in [6.07, 6.45) is 4.48. The second-order valence-corrected chi connectivity index (χ2v) is 10.2. The largest absolute Gasteiger partial charge is 0.508 e. The van der Waals surface area contributed by atoms with Crippen LogP contribution in [0.1, 0.15) is 56.4 Å². The fourth-order valence-electron chi connectivity index (χ4n) is 4.73. The summed E-state index contributed by atoms with van der Waals surface area (Å²) < 4.78 is 2.43. The van der Waals surface area contributed by atoms with Crippen molar-refractivity contribution >= 4 is 11.6 Å². The van der Waals surface area contributed by atoms with E-state index in [-0.39, 0.29) is 0 Å². The van der Waals surface area contributed by atoms with Crippen LogP contribution in [-0.4, -0.2) is 26.1 Å². The highest BCUT2D eigenvalue weighted by atomic mass is 35.5. The SMILES string of the molecule is CCCCN(Cc1ccc(O)c(C)c1)Cc1c(-c2ccc(Cl)cc2)nc(-c2ccccc2)n1CCCC. The zero-order valence-corrected chi connectivity index (χ0v) is 23.0. The van der Waals surface area contributed by atoms with E-state index in [1.54, 1.807) is 6.07 Å². The number of benzene rings is 3. The van der Waals surface area contributed by atoms with E-state index < -0.39 is 0 Å². The number of nitrogens with zero attached hydrogens (tertiary/aromatic N) is 3. The number of unbranched alkanes of at least 4 members (excludes halogenated alkanes) is 2. The Balaban J connectivity index is 1.80. The summed E-state index contributed by atoms with van der Waals surface area (Å²) >= 11 is 6.24. The van der Waals surface area contributed by atoms with Crippen molar-refractivity contribution in [1.29, 1.82) is 0 Å². The van der Waals surface area contributed by atoms with Crippen LogP contribution in [0, 0.1) is 6.92 Å². The predicted octanol–water partition coefficient (Wildman–Crippen LogP) is 8.49. The summed E-state index contributed by atoms with van der Waals surface area (Å²) in [5, 5.41) is 10.8. The fraction of sp³-hybridized carbons (Fsp3) is 0.344. The molecule has 3 aromatic carbocycles. The third-order valence-electron chi connectivity index (χ3n) is 6.83. The lowest BCUT2D eigenvalue weighted by atomic mass is 10.1. The molecule has 1 N–H and O–H groups in total. The van der Waals surface area contributed by atoms with Crippen molar-refractivity contribution in [3.05, 3.63) is 94.6 Å². The molecule has 0 unspecified atom stereocenters. The first-order valence-corrected chi connectivity index (χ1v) is 13.8. The van der Waals surface area contributed by atoms with Crippen LogP contribution in [0.25, 0.3) is 22.6 Å². The molecular weight excluding hydrogens is 478 g/mol. The minimum Gasteiger partial charge on any atom is -0.508 e. The van der Waals surface area contributed by atoms with E-state index in [1.807, 2.05) is 25.1 Å².